The van der Waals surface area contributed by atoms with Gasteiger partial charge < -0.3 is 9.47 Å². The van der Waals surface area contributed by atoms with Gasteiger partial charge in [-0.2, -0.15) is 0 Å². The van der Waals surface area contributed by atoms with Gasteiger partial charge in [0.2, 0.25) is 0 Å². The van der Waals surface area contributed by atoms with Crippen molar-refractivity contribution in [2.45, 2.75) is 18.9 Å². The van der Waals surface area contributed by atoms with Gasteiger partial charge in [0.1, 0.15) is 18.1 Å². The van der Waals surface area contributed by atoms with E-state index in [1.165, 1.54) is 18.6 Å². The van der Waals surface area contributed by atoms with E-state index in [0.717, 1.165) is 19.4 Å². The second-order valence-electron chi connectivity index (χ2n) is 5.47. The van der Waals surface area contributed by atoms with Gasteiger partial charge in [0, 0.05) is 24.6 Å². The van der Waals surface area contributed by atoms with Gasteiger partial charge in [-0.05, 0) is 31.0 Å². The van der Waals surface area contributed by atoms with E-state index in [1.54, 1.807) is 24.3 Å². The van der Waals surface area contributed by atoms with E-state index in [-0.39, 0.29) is 11.8 Å². The summed E-state index contributed by atoms with van der Waals surface area (Å²) in [4.78, 5) is 31.6. The van der Waals surface area contributed by atoms with Crippen molar-refractivity contribution in [3.63, 3.8) is 0 Å². The minimum absolute atomic E-state index is 0.101. The number of carbonyl (C=O) groups is 2. The van der Waals surface area contributed by atoms with Crippen molar-refractivity contribution >= 4 is 11.8 Å². The maximum absolute atomic E-state index is 12.2. The number of ether oxygens (including phenoxy) is 2. The molecule has 3 rings (SSSR count). The normalized spacial score (nSPS) is 16.2. The first-order chi connectivity index (χ1) is 12.2. The van der Waals surface area contributed by atoms with E-state index in [0.29, 0.717) is 17.9 Å². The van der Waals surface area contributed by atoms with Crippen molar-refractivity contribution in [2.75, 3.05) is 13.2 Å². The molecule has 0 bridgehead atoms. The molecule has 0 aliphatic carbocycles. The molecule has 1 aromatic carbocycles. The molecule has 1 aromatic heterocycles. The fourth-order valence-electron chi connectivity index (χ4n) is 2.36. The van der Waals surface area contributed by atoms with Gasteiger partial charge in [0.05, 0.1) is 12.3 Å². The van der Waals surface area contributed by atoms with Crippen LogP contribution < -0.4 is 15.6 Å². The summed E-state index contributed by atoms with van der Waals surface area (Å²) in [6.07, 6.45) is 6.28. The average molecular weight is 342 g/mol. The summed E-state index contributed by atoms with van der Waals surface area (Å²) in [5.74, 6) is -0.435. The van der Waals surface area contributed by atoms with Crippen LogP contribution in [-0.2, 0) is 4.74 Å². The number of aromatic nitrogens is 2. The summed E-state index contributed by atoms with van der Waals surface area (Å²) in [7, 11) is 0. The first kappa shape index (κ1) is 16.8. The lowest BCUT2D eigenvalue weighted by molar-refractivity contribution is 0.0679. The van der Waals surface area contributed by atoms with Gasteiger partial charge in [-0.1, -0.05) is 6.07 Å². The number of hydrazine groups is 1. The number of benzene rings is 1. The monoisotopic (exact) mass is 342 g/mol. The van der Waals surface area contributed by atoms with E-state index in [4.69, 9.17) is 9.47 Å². The zero-order chi connectivity index (χ0) is 17.5. The van der Waals surface area contributed by atoms with Gasteiger partial charge >= 0.3 is 0 Å². The lowest BCUT2D eigenvalue weighted by Gasteiger charge is -2.12. The lowest BCUT2D eigenvalue weighted by atomic mass is 10.2. The Morgan fingerprint density at radius 2 is 2.12 bits per heavy atom. The average Bonchev–Trinajstić information content (AvgIpc) is 3.19. The summed E-state index contributed by atoms with van der Waals surface area (Å²) in [5.41, 5.74) is 5.10. The molecule has 130 valence electrons. The summed E-state index contributed by atoms with van der Waals surface area (Å²) < 4.78 is 11.2. The third kappa shape index (κ3) is 4.74. The molecule has 1 saturated heterocycles. The highest BCUT2D eigenvalue weighted by atomic mass is 16.5. The second kappa shape index (κ2) is 8.20. The van der Waals surface area contributed by atoms with Crippen LogP contribution in [0.3, 0.4) is 0 Å². The van der Waals surface area contributed by atoms with Crippen molar-refractivity contribution in [3.05, 3.63) is 54.1 Å². The first-order valence-corrected chi connectivity index (χ1v) is 7.93. The predicted molar refractivity (Wildman–Crippen MR) is 87.9 cm³/mol. The molecule has 1 atom stereocenters. The molecule has 25 heavy (non-hydrogen) atoms. The third-order valence-electron chi connectivity index (χ3n) is 3.64. The molecule has 8 nitrogen and oxygen atoms in total. The Morgan fingerprint density at radius 1 is 1.24 bits per heavy atom. The molecule has 1 fully saturated rings. The fraction of sp³-hybridized carbons (Fsp3) is 0.294. The van der Waals surface area contributed by atoms with Crippen molar-refractivity contribution in [1.29, 1.82) is 0 Å². The smallest absolute Gasteiger partial charge is 0.289 e. The number of amides is 2. The van der Waals surface area contributed by atoms with Crippen LogP contribution in [0.5, 0.6) is 5.75 Å². The largest absolute Gasteiger partial charge is 0.491 e. The van der Waals surface area contributed by atoms with E-state index >= 15 is 0 Å². The van der Waals surface area contributed by atoms with Crippen molar-refractivity contribution in [3.8, 4) is 5.75 Å². The third-order valence-corrected chi connectivity index (χ3v) is 3.64. The maximum Gasteiger partial charge on any atom is 0.289 e. The van der Waals surface area contributed by atoms with Crippen molar-refractivity contribution in [2.24, 2.45) is 0 Å². The molecule has 0 unspecified atom stereocenters. The molecule has 0 radical (unpaired) electrons. The molecule has 1 aliphatic rings. The zero-order valence-electron chi connectivity index (χ0n) is 13.5. The number of hydrogen-bond acceptors (Lipinski definition) is 6. The molecular formula is C17H18N4O4. The molecule has 1 aliphatic heterocycles. The number of nitrogens with zero attached hydrogens (tertiary/aromatic N) is 2. The first-order valence-electron chi connectivity index (χ1n) is 7.93. The molecule has 0 spiro atoms. The van der Waals surface area contributed by atoms with Crippen LogP contribution in [0.25, 0.3) is 0 Å². The molecule has 2 heterocycles. The van der Waals surface area contributed by atoms with E-state index in [1.807, 2.05) is 0 Å². The molecule has 2 amide bonds. The number of nitrogens with one attached hydrogen (secondary N) is 2. The summed E-state index contributed by atoms with van der Waals surface area (Å²) in [5, 5.41) is 0. The summed E-state index contributed by atoms with van der Waals surface area (Å²) in [6.45, 7) is 1.22. The Morgan fingerprint density at radius 3 is 2.88 bits per heavy atom. The Bertz CT molecular complexity index is 732. The molecule has 0 saturated carbocycles. The molecule has 2 aromatic rings. The van der Waals surface area contributed by atoms with Crippen LogP contribution in [-0.4, -0.2) is 41.1 Å². The SMILES string of the molecule is O=C(NNC(=O)c1cnccn1)c1cccc(OC[C@H]2CCCO2)c1. The van der Waals surface area contributed by atoms with Crippen LogP contribution >= 0.6 is 0 Å². The molecule has 2 N–H and O–H groups in total. The zero-order valence-corrected chi connectivity index (χ0v) is 13.5. The van der Waals surface area contributed by atoms with E-state index in [2.05, 4.69) is 20.8 Å². The molecule has 8 heteroatoms. The Kier molecular flexibility index (Phi) is 5.53. The van der Waals surface area contributed by atoms with Crippen LogP contribution in [0.2, 0.25) is 0 Å². The van der Waals surface area contributed by atoms with Gasteiger partial charge in [-0.25, -0.2) is 4.98 Å². The van der Waals surface area contributed by atoms with Crippen molar-refractivity contribution < 1.29 is 19.1 Å². The Labute approximate surface area is 144 Å². The highest BCUT2D eigenvalue weighted by Crippen LogP contribution is 2.17. The second-order valence-corrected chi connectivity index (χ2v) is 5.47. The highest BCUT2D eigenvalue weighted by Gasteiger charge is 2.16. The standard InChI is InChI=1S/C17H18N4O4/c22-16(20-21-17(23)15-10-18-6-7-19-15)12-3-1-4-13(9-12)25-11-14-5-2-8-24-14/h1,3-4,6-7,9-10,14H,2,5,8,11H2,(H,20,22)(H,21,23)/t14-/m1/s1. The van der Waals surface area contributed by atoms with Crippen molar-refractivity contribution in [1.82, 2.24) is 20.8 Å². The molecular weight excluding hydrogens is 324 g/mol. The minimum atomic E-state index is -0.549. The van der Waals surface area contributed by atoms with Crippen LogP contribution in [0.4, 0.5) is 0 Å². The van der Waals surface area contributed by atoms with Gasteiger partial charge in [-0.15, -0.1) is 0 Å². The van der Waals surface area contributed by atoms with Gasteiger partial charge in [0.25, 0.3) is 11.8 Å². The van der Waals surface area contributed by atoms with Gasteiger partial charge in [-0.3, -0.25) is 25.4 Å². The fourth-order valence-corrected chi connectivity index (χ4v) is 2.36. The summed E-state index contributed by atoms with van der Waals surface area (Å²) in [6, 6.07) is 6.72. The predicted octanol–water partition coefficient (Wildman–Crippen LogP) is 1.11. The Hall–Kier alpha value is -3.00. The number of carbonyl (C=O) groups excluding carboxylic acids is 2. The van der Waals surface area contributed by atoms with Crippen LogP contribution in [0.15, 0.2) is 42.9 Å². The van der Waals surface area contributed by atoms with Gasteiger partial charge in [0.15, 0.2) is 0 Å². The Balaban J connectivity index is 1.53. The quantitative estimate of drug-likeness (QED) is 0.789. The van der Waals surface area contributed by atoms with E-state index < -0.39 is 11.8 Å². The topological polar surface area (TPSA) is 102 Å². The highest BCUT2D eigenvalue weighted by molar-refractivity contribution is 5.98. The van der Waals surface area contributed by atoms with E-state index in [9.17, 15) is 9.59 Å². The minimum Gasteiger partial charge on any atom is -0.491 e. The number of rotatable bonds is 5. The maximum atomic E-state index is 12.2. The van der Waals surface area contributed by atoms with Crippen LogP contribution in [0, 0.1) is 0 Å². The lowest BCUT2D eigenvalue weighted by Crippen LogP contribution is -2.42. The van der Waals surface area contributed by atoms with Crippen LogP contribution in [0.1, 0.15) is 33.7 Å². The summed E-state index contributed by atoms with van der Waals surface area (Å²) >= 11 is 0. The number of hydrogen-bond donors (Lipinski definition) is 2.